The van der Waals surface area contributed by atoms with Crippen molar-refractivity contribution in [3.05, 3.63) is 41.1 Å². The minimum Gasteiger partial charge on any atom is -0.394 e. The van der Waals surface area contributed by atoms with E-state index < -0.39 is 11.6 Å². The van der Waals surface area contributed by atoms with Crippen LogP contribution in [0.3, 0.4) is 0 Å². The third-order valence-corrected chi connectivity index (χ3v) is 2.93. The lowest BCUT2D eigenvalue weighted by molar-refractivity contribution is 0.573. The summed E-state index contributed by atoms with van der Waals surface area (Å²) in [6.45, 7) is 4.63. The lowest BCUT2D eigenvalue weighted by Gasteiger charge is -2.10. The minimum absolute atomic E-state index is 0.224. The Hall–Kier alpha value is -2.11. The van der Waals surface area contributed by atoms with E-state index >= 15 is 0 Å². The topological polar surface area (TPSA) is 55.9 Å². The highest BCUT2D eigenvalue weighted by molar-refractivity contribution is 5.64. The molecule has 0 saturated carbocycles. The fourth-order valence-electron chi connectivity index (χ4n) is 1.85. The summed E-state index contributed by atoms with van der Waals surface area (Å²) in [5.41, 5.74) is 7.55. The van der Waals surface area contributed by atoms with Crippen LogP contribution >= 0.6 is 0 Å². The summed E-state index contributed by atoms with van der Waals surface area (Å²) in [5.74, 6) is -0.510. The summed E-state index contributed by atoms with van der Waals surface area (Å²) in [4.78, 5) is 0. The number of halogens is 2. The van der Waals surface area contributed by atoms with Crippen LogP contribution in [0, 0.1) is 18.6 Å². The van der Waals surface area contributed by atoms with Gasteiger partial charge in [0, 0.05) is 24.7 Å². The summed E-state index contributed by atoms with van der Waals surface area (Å²) in [6.07, 6.45) is 0. The van der Waals surface area contributed by atoms with Gasteiger partial charge in [-0.1, -0.05) is 6.07 Å². The molecule has 0 spiro atoms. The van der Waals surface area contributed by atoms with Crippen LogP contribution in [0.15, 0.2) is 18.2 Å². The molecule has 1 aromatic heterocycles. The number of nitrogen functional groups attached to an aromatic ring is 1. The van der Waals surface area contributed by atoms with Crippen LogP contribution < -0.4 is 11.1 Å². The summed E-state index contributed by atoms with van der Waals surface area (Å²) in [5, 5.41) is 7.30. The Bertz CT molecular complexity index is 593. The van der Waals surface area contributed by atoms with Gasteiger partial charge in [0.05, 0.1) is 11.4 Å². The number of hydrogen-bond donors (Lipinski definition) is 2. The van der Waals surface area contributed by atoms with Gasteiger partial charge >= 0.3 is 0 Å². The molecule has 102 valence electrons. The molecular formula is C13H16F2N4. The monoisotopic (exact) mass is 266 g/mol. The molecule has 1 heterocycles. The highest BCUT2D eigenvalue weighted by atomic mass is 19.1. The number of hydrogen-bond acceptors (Lipinski definition) is 3. The highest BCUT2D eigenvalue weighted by Gasteiger charge is 2.12. The number of aryl methyl sites for hydroxylation is 2. The number of nitrogens with one attached hydrogen (secondary N) is 1. The number of nitrogens with two attached hydrogens (primary N) is 1. The fraction of sp³-hybridized carbons (Fsp3) is 0.308. The minimum atomic E-state index is -0.588. The van der Waals surface area contributed by atoms with Crippen LogP contribution in [0.5, 0.6) is 0 Å². The molecule has 0 aliphatic rings. The lowest BCUT2D eigenvalue weighted by atomic mass is 10.2. The molecule has 0 aliphatic carbocycles. The van der Waals surface area contributed by atoms with Gasteiger partial charge in [-0.3, -0.25) is 0 Å². The van der Waals surface area contributed by atoms with Gasteiger partial charge in [0.2, 0.25) is 0 Å². The molecule has 0 radical (unpaired) electrons. The molecule has 3 N–H and O–H groups in total. The Labute approximate surface area is 110 Å². The molecule has 0 atom stereocenters. The van der Waals surface area contributed by atoms with E-state index in [0.29, 0.717) is 23.6 Å². The van der Waals surface area contributed by atoms with Crippen LogP contribution in [0.2, 0.25) is 0 Å². The van der Waals surface area contributed by atoms with Crippen molar-refractivity contribution in [1.29, 1.82) is 0 Å². The van der Waals surface area contributed by atoms with E-state index in [4.69, 9.17) is 5.73 Å². The summed E-state index contributed by atoms with van der Waals surface area (Å²) in [6, 6.07) is 3.50. The molecular weight excluding hydrogens is 250 g/mol. The second kappa shape index (κ2) is 5.26. The molecule has 1 aromatic carbocycles. The van der Waals surface area contributed by atoms with Gasteiger partial charge < -0.3 is 11.1 Å². The maximum absolute atomic E-state index is 13.5. The Kier molecular flexibility index (Phi) is 3.69. The molecule has 2 rings (SSSR count). The van der Waals surface area contributed by atoms with Crippen molar-refractivity contribution in [2.45, 2.75) is 26.9 Å². The quantitative estimate of drug-likeness (QED) is 0.894. The molecule has 6 heteroatoms. The zero-order chi connectivity index (χ0) is 14.0. The molecule has 0 amide bonds. The fourth-order valence-corrected chi connectivity index (χ4v) is 1.85. The maximum atomic E-state index is 13.5. The highest BCUT2D eigenvalue weighted by Crippen LogP contribution is 2.23. The van der Waals surface area contributed by atoms with Gasteiger partial charge in [0.25, 0.3) is 0 Å². The van der Waals surface area contributed by atoms with E-state index in [0.717, 1.165) is 11.8 Å². The molecule has 0 saturated heterocycles. The predicted octanol–water partition coefficient (Wildman–Crippen LogP) is 2.68. The van der Waals surface area contributed by atoms with E-state index in [1.54, 1.807) is 4.68 Å². The predicted molar refractivity (Wildman–Crippen MR) is 70.7 cm³/mol. The first-order chi connectivity index (χ1) is 9.02. The van der Waals surface area contributed by atoms with Crippen LogP contribution in [-0.2, 0) is 13.1 Å². The third kappa shape index (κ3) is 2.67. The lowest BCUT2D eigenvalue weighted by Crippen LogP contribution is -2.09. The van der Waals surface area contributed by atoms with Gasteiger partial charge in [-0.2, -0.15) is 5.10 Å². The first-order valence-electron chi connectivity index (χ1n) is 6.03. The van der Waals surface area contributed by atoms with E-state index in [9.17, 15) is 8.78 Å². The average molecular weight is 266 g/mol. The number of anilines is 2. The van der Waals surface area contributed by atoms with Crippen LogP contribution in [-0.4, -0.2) is 9.78 Å². The second-order valence-electron chi connectivity index (χ2n) is 4.25. The zero-order valence-corrected chi connectivity index (χ0v) is 10.9. The third-order valence-electron chi connectivity index (χ3n) is 2.93. The second-order valence-corrected chi connectivity index (χ2v) is 4.25. The molecule has 0 aliphatic heterocycles. The van der Waals surface area contributed by atoms with E-state index in [-0.39, 0.29) is 6.54 Å². The number of aromatic nitrogens is 2. The maximum Gasteiger partial charge on any atom is 0.148 e. The van der Waals surface area contributed by atoms with Crippen molar-refractivity contribution < 1.29 is 8.78 Å². The van der Waals surface area contributed by atoms with Gasteiger partial charge in [-0.05, 0) is 19.9 Å². The number of benzene rings is 1. The number of nitrogens with zero attached hydrogens (tertiary/aromatic N) is 2. The molecule has 0 bridgehead atoms. The summed E-state index contributed by atoms with van der Waals surface area (Å²) >= 11 is 0. The zero-order valence-electron chi connectivity index (χ0n) is 10.9. The Morgan fingerprint density at radius 3 is 2.74 bits per heavy atom. The van der Waals surface area contributed by atoms with Crippen molar-refractivity contribution in [1.82, 2.24) is 9.78 Å². The van der Waals surface area contributed by atoms with Crippen LogP contribution in [0.1, 0.15) is 18.2 Å². The van der Waals surface area contributed by atoms with Crippen LogP contribution in [0.4, 0.5) is 20.3 Å². The van der Waals surface area contributed by atoms with Gasteiger partial charge in [0.1, 0.15) is 17.5 Å². The molecule has 0 fully saturated rings. The summed E-state index contributed by atoms with van der Waals surface area (Å²) in [7, 11) is 0. The van der Waals surface area contributed by atoms with Crippen molar-refractivity contribution in [3.8, 4) is 0 Å². The van der Waals surface area contributed by atoms with Gasteiger partial charge in [0.15, 0.2) is 0 Å². The van der Waals surface area contributed by atoms with E-state index in [2.05, 4.69) is 10.4 Å². The smallest absolute Gasteiger partial charge is 0.148 e. The van der Waals surface area contributed by atoms with Crippen molar-refractivity contribution in [2.75, 3.05) is 11.1 Å². The first kappa shape index (κ1) is 13.3. The largest absolute Gasteiger partial charge is 0.394 e. The van der Waals surface area contributed by atoms with Gasteiger partial charge in [-0.25, -0.2) is 13.5 Å². The SMILES string of the molecule is CCn1nc(C)c(N)c1NCc1ccc(F)cc1F. The average Bonchev–Trinajstić information content (AvgIpc) is 2.65. The normalized spacial score (nSPS) is 10.7. The Morgan fingerprint density at radius 2 is 2.11 bits per heavy atom. The van der Waals surface area contributed by atoms with E-state index in [1.807, 2.05) is 13.8 Å². The van der Waals surface area contributed by atoms with Crippen LogP contribution in [0.25, 0.3) is 0 Å². The van der Waals surface area contributed by atoms with Crippen molar-refractivity contribution in [3.63, 3.8) is 0 Å². The van der Waals surface area contributed by atoms with E-state index in [1.165, 1.54) is 12.1 Å². The van der Waals surface area contributed by atoms with Crippen molar-refractivity contribution >= 4 is 11.5 Å². The number of rotatable bonds is 4. The Balaban J connectivity index is 2.18. The first-order valence-corrected chi connectivity index (χ1v) is 6.03. The van der Waals surface area contributed by atoms with Gasteiger partial charge in [-0.15, -0.1) is 0 Å². The van der Waals surface area contributed by atoms with Crippen molar-refractivity contribution in [2.24, 2.45) is 0 Å². The molecule has 4 nitrogen and oxygen atoms in total. The molecule has 19 heavy (non-hydrogen) atoms. The molecule has 0 unspecified atom stereocenters. The standard InChI is InChI=1S/C13H16F2N4/c1-3-19-13(12(16)8(2)18-19)17-7-9-4-5-10(14)6-11(9)15/h4-6,17H,3,7,16H2,1-2H3. The molecule has 2 aromatic rings. The summed E-state index contributed by atoms with van der Waals surface area (Å²) < 4.78 is 28.0. The Morgan fingerprint density at radius 1 is 1.37 bits per heavy atom.